The summed E-state index contributed by atoms with van der Waals surface area (Å²) in [5.74, 6) is 2.13. The van der Waals surface area contributed by atoms with E-state index in [9.17, 15) is 0 Å². The van der Waals surface area contributed by atoms with Crippen LogP contribution < -0.4 is 5.32 Å². The van der Waals surface area contributed by atoms with Gasteiger partial charge < -0.3 is 9.84 Å². The average molecular weight is 272 g/mol. The van der Waals surface area contributed by atoms with Gasteiger partial charge in [-0.15, -0.1) is 0 Å². The first kappa shape index (κ1) is 13.9. The van der Waals surface area contributed by atoms with Gasteiger partial charge in [0.05, 0.1) is 0 Å². The molecule has 0 bridgehead atoms. The van der Waals surface area contributed by atoms with Crippen molar-refractivity contribution >= 4 is 5.82 Å². The van der Waals surface area contributed by atoms with Crippen LogP contribution >= 0.6 is 0 Å². The van der Waals surface area contributed by atoms with Crippen LogP contribution in [0.15, 0.2) is 16.9 Å². The zero-order valence-corrected chi connectivity index (χ0v) is 11.5. The third kappa shape index (κ3) is 3.51. The molecule has 1 N–H and O–H groups in total. The molecule has 0 atom stereocenters. The monoisotopic (exact) mass is 272 g/mol. The average Bonchev–Trinajstić information content (AvgIpc) is 2.93. The minimum atomic E-state index is 0.267. The van der Waals surface area contributed by atoms with Crippen LogP contribution in [-0.2, 0) is 6.42 Å². The lowest BCUT2D eigenvalue weighted by molar-refractivity contribution is 0.369. The van der Waals surface area contributed by atoms with Crippen LogP contribution in [-0.4, -0.2) is 26.7 Å². The minimum absolute atomic E-state index is 0.267. The molecule has 2 rings (SSSR count). The number of nitrogens with one attached hydrogen (secondary N) is 1. The van der Waals surface area contributed by atoms with Crippen molar-refractivity contribution in [2.45, 2.75) is 32.6 Å². The van der Waals surface area contributed by atoms with E-state index in [2.05, 4.69) is 25.4 Å². The zero-order valence-electron chi connectivity index (χ0n) is 11.5. The van der Waals surface area contributed by atoms with Gasteiger partial charge in [-0.05, 0) is 6.42 Å². The summed E-state index contributed by atoms with van der Waals surface area (Å²) < 4.78 is 5.15. The van der Waals surface area contributed by atoms with E-state index >= 15 is 0 Å². The molecule has 0 aliphatic rings. The van der Waals surface area contributed by atoms with E-state index in [4.69, 9.17) is 9.78 Å². The number of aromatic nitrogens is 4. The second-order valence-corrected chi connectivity index (χ2v) is 4.60. The number of anilines is 1. The molecule has 0 aliphatic carbocycles. The summed E-state index contributed by atoms with van der Waals surface area (Å²) in [6, 6.07) is 1.99. The predicted molar refractivity (Wildman–Crippen MR) is 71.9 cm³/mol. The number of hydrogen-bond acceptors (Lipinski definition) is 7. The largest absolute Gasteiger partial charge is 0.368 e. The van der Waals surface area contributed by atoms with Crippen molar-refractivity contribution in [3.63, 3.8) is 0 Å². The zero-order chi connectivity index (χ0) is 14.4. The molecule has 0 fully saturated rings. The maximum absolute atomic E-state index is 8.88. The molecule has 0 radical (unpaired) electrons. The highest BCUT2D eigenvalue weighted by molar-refractivity contribution is 5.46. The molecule has 20 heavy (non-hydrogen) atoms. The highest BCUT2D eigenvalue weighted by Crippen LogP contribution is 2.11. The smallest absolute Gasteiger partial charge is 0.226 e. The molecule has 0 saturated heterocycles. The lowest BCUT2D eigenvalue weighted by atomic mass is 10.2. The highest BCUT2D eigenvalue weighted by atomic mass is 16.5. The van der Waals surface area contributed by atoms with Crippen LogP contribution in [0, 0.1) is 11.3 Å². The minimum Gasteiger partial charge on any atom is -0.368 e. The van der Waals surface area contributed by atoms with Gasteiger partial charge in [0.15, 0.2) is 17.3 Å². The second-order valence-electron chi connectivity index (χ2n) is 4.60. The predicted octanol–water partition coefficient (Wildman–Crippen LogP) is 1.90. The second kappa shape index (κ2) is 6.61. The van der Waals surface area contributed by atoms with Gasteiger partial charge in [-0.25, -0.2) is 9.97 Å². The molecule has 2 heterocycles. The van der Waals surface area contributed by atoms with E-state index < -0.39 is 0 Å². The summed E-state index contributed by atoms with van der Waals surface area (Å²) >= 11 is 0. The van der Waals surface area contributed by atoms with Crippen LogP contribution in [0.3, 0.4) is 0 Å². The molecule has 0 aromatic carbocycles. The lowest BCUT2D eigenvalue weighted by Gasteiger charge is -2.04. The van der Waals surface area contributed by atoms with Gasteiger partial charge in [0.1, 0.15) is 6.07 Å². The molecule has 0 amide bonds. The van der Waals surface area contributed by atoms with E-state index in [-0.39, 0.29) is 5.92 Å². The van der Waals surface area contributed by atoms with E-state index in [0.29, 0.717) is 30.4 Å². The lowest BCUT2D eigenvalue weighted by Crippen LogP contribution is -2.07. The van der Waals surface area contributed by atoms with Crippen LogP contribution in [0.25, 0.3) is 0 Å². The Morgan fingerprint density at radius 2 is 2.15 bits per heavy atom. The molecule has 7 nitrogen and oxygen atoms in total. The maximum atomic E-state index is 8.88. The van der Waals surface area contributed by atoms with E-state index in [1.807, 2.05) is 19.9 Å². The van der Waals surface area contributed by atoms with Gasteiger partial charge in [-0.3, -0.25) is 0 Å². The van der Waals surface area contributed by atoms with Gasteiger partial charge in [0.25, 0.3) is 0 Å². The molecular formula is C13H16N6O. The molecular weight excluding hydrogens is 256 g/mol. The van der Waals surface area contributed by atoms with Gasteiger partial charge in [-0.1, -0.05) is 19.0 Å². The Morgan fingerprint density at radius 1 is 1.35 bits per heavy atom. The fourth-order valence-corrected chi connectivity index (χ4v) is 1.60. The Kier molecular flexibility index (Phi) is 4.60. The molecule has 0 aliphatic heterocycles. The third-order valence-corrected chi connectivity index (χ3v) is 2.66. The first-order valence-corrected chi connectivity index (χ1v) is 6.48. The summed E-state index contributed by atoms with van der Waals surface area (Å²) in [5, 5.41) is 15.9. The standard InChI is InChI=1S/C13H16N6O/c1-9(2)12-18-11(20-19-12)4-3-5-16-13-10(8-14)15-6-7-17-13/h6-7,9H,3-5H2,1-2H3,(H,16,17). The highest BCUT2D eigenvalue weighted by Gasteiger charge is 2.09. The van der Waals surface area contributed by atoms with Gasteiger partial charge in [-0.2, -0.15) is 10.2 Å². The number of nitrogens with zero attached hydrogens (tertiary/aromatic N) is 5. The number of aryl methyl sites for hydroxylation is 1. The first-order valence-electron chi connectivity index (χ1n) is 6.48. The Labute approximate surface area is 117 Å². The SMILES string of the molecule is CC(C)c1noc(CCCNc2nccnc2C#N)n1. The molecule has 0 unspecified atom stereocenters. The van der Waals surface area contributed by atoms with Crippen LogP contribution in [0.1, 0.15) is 43.6 Å². The van der Waals surface area contributed by atoms with Gasteiger partial charge >= 0.3 is 0 Å². The van der Waals surface area contributed by atoms with Crippen molar-refractivity contribution in [3.05, 3.63) is 29.8 Å². The third-order valence-electron chi connectivity index (χ3n) is 2.66. The number of hydrogen-bond donors (Lipinski definition) is 1. The van der Waals surface area contributed by atoms with Crippen LogP contribution in [0.5, 0.6) is 0 Å². The Morgan fingerprint density at radius 3 is 2.85 bits per heavy atom. The van der Waals surface area contributed by atoms with E-state index in [1.54, 1.807) is 6.20 Å². The van der Waals surface area contributed by atoms with Gasteiger partial charge in [0, 0.05) is 31.3 Å². The molecule has 0 spiro atoms. The molecule has 0 saturated carbocycles. The van der Waals surface area contributed by atoms with Crippen molar-refractivity contribution in [1.29, 1.82) is 5.26 Å². The quantitative estimate of drug-likeness (QED) is 0.801. The normalized spacial score (nSPS) is 10.5. The summed E-state index contributed by atoms with van der Waals surface area (Å²) in [6.45, 7) is 4.70. The molecule has 2 aromatic heterocycles. The van der Waals surface area contributed by atoms with Gasteiger partial charge in [0.2, 0.25) is 5.89 Å². The topological polar surface area (TPSA) is 101 Å². The fraction of sp³-hybridized carbons (Fsp3) is 0.462. The molecule has 2 aromatic rings. The van der Waals surface area contributed by atoms with E-state index in [0.717, 1.165) is 12.2 Å². The number of rotatable bonds is 6. The fourth-order valence-electron chi connectivity index (χ4n) is 1.60. The van der Waals surface area contributed by atoms with Crippen molar-refractivity contribution in [1.82, 2.24) is 20.1 Å². The van der Waals surface area contributed by atoms with E-state index in [1.165, 1.54) is 6.20 Å². The first-order chi connectivity index (χ1) is 9.70. The van der Waals surface area contributed by atoms with Crippen molar-refractivity contribution in [2.24, 2.45) is 0 Å². The molecule has 104 valence electrons. The van der Waals surface area contributed by atoms with Crippen LogP contribution in [0.4, 0.5) is 5.82 Å². The van der Waals surface area contributed by atoms with Crippen molar-refractivity contribution < 1.29 is 4.52 Å². The van der Waals surface area contributed by atoms with Crippen molar-refractivity contribution in [2.75, 3.05) is 11.9 Å². The van der Waals surface area contributed by atoms with Crippen LogP contribution in [0.2, 0.25) is 0 Å². The summed E-state index contributed by atoms with van der Waals surface area (Å²) in [6.07, 6.45) is 4.54. The summed E-state index contributed by atoms with van der Waals surface area (Å²) in [5.41, 5.74) is 0.299. The summed E-state index contributed by atoms with van der Waals surface area (Å²) in [7, 11) is 0. The number of nitriles is 1. The maximum Gasteiger partial charge on any atom is 0.226 e. The Balaban J connectivity index is 1.80. The Bertz CT molecular complexity index is 601. The summed E-state index contributed by atoms with van der Waals surface area (Å²) in [4.78, 5) is 12.3. The van der Waals surface area contributed by atoms with Crippen molar-refractivity contribution in [3.8, 4) is 6.07 Å². The molecule has 7 heteroatoms. The Hall–Kier alpha value is -2.49.